The maximum atomic E-state index is 11.8. The van der Waals surface area contributed by atoms with Gasteiger partial charge in [-0.25, -0.2) is 14.6 Å². The fourth-order valence-corrected chi connectivity index (χ4v) is 1.99. The number of hydrogen-bond donors (Lipinski definition) is 1. The lowest BCUT2D eigenvalue weighted by Crippen LogP contribution is -2.11. The number of carboxylic acids is 1. The van der Waals surface area contributed by atoms with Gasteiger partial charge in [-0.05, 0) is 12.1 Å². The van der Waals surface area contributed by atoms with E-state index >= 15 is 0 Å². The molecule has 0 aliphatic heterocycles. The molecule has 0 aliphatic rings. The topological polar surface area (TPSA) is 90.1 Å². The number of carbonyl (C=O) groups excluding carboxylic acids is 1. The largest absolute Gasteiger partial charge is 0.476 e. The number of aromatic nitrogens is 2. The van der Waals surface area contributed by atoms with Crippen LogP contribution >= 0.6 is 0 Å². The van der Waals surface area contributed by atoms with Crippen molar-refractivity contribution in [2.45, 2.75) is 6.42 Å². The van der Waals surface area contributed by atoms with Crippen LogP contribution in [0.1, 0.15) is 26.8 Å². The SMILES string of the molecule is COCCc1nc(C(=O)O)c2cccc(C(=O)OC)n12. The summed E-state index contributed by atoms with van der Waals surface area (Å²) in [6.07, 6.45) is 0.388. The second-order valence-electron chi connectivity index (χ2n) is 4.05. The van der Waals surface area contributed by atoms with Gasteiger partial charge in [0.2, 0.25) is 0 Å². The minimum atomic E-state index is -1.15. The van der Waals surface area contributed by atoms with Gasteiger partial charge >= 0.3 is 11.9 Å². The zero-order valence-electron chi connectivity index (χ0n) is 11.1. The molecule has 1 N–H and O–H groups in total. The van der Waals surface area contributed by atoms with E-state index in [1.165, 1.54) is 18.6 Å². The van der Waals surface area contributed by atoms with Crippen LogP contribution in [-0.2, 0) is 15.9 Å². The van der Waals surface area contributed by atoms with Crippen molar-refractivity contribution in [3.8, 4) is 0 Å². The number of ether oxygens (including phenoxy) is 2. The Morgan fingerprint density at radius 3 is 2.70 bits per heavy atom. The van der Waals surface area contributed by atoms with Gasteiger partial charge in [0.1, 0.15) is 11.5 Å². The normalized spacial score (nSPS) is 10.7. The quantitative estimate of drug-likeness (QED) is 0.821. The minimum Gasteiger partial charge on any atom is -0.476 e. The minimum absolute atomic E-state index is 0.0955. The summed E-state index contributed by atoms with van der Waals surface area (Å²) < 4.78 is 11.2. The lowest BCUT2D eigenvalue weighted by molar-refractivity contribution is 0.0590. The first-order chi connectivity index (χ1) is 9.60. The standard InChI is InChI=1S/C13H14N2O5/c1-19-7-6-10-14-11(12(16)17)8-4-3-5-9(15(8)10)13(18)20-2/h3-5H,6-7H2,1-2H3,(H,16,17). The molecule has 0 aromatic carbocycles. The fourth-order valence-electron chi connectivity index (χ4n) is 1.99. The number of carboxylic acid groups (broad SMARTS) is 1. The fraction of sp³-hybridized carbons (Fsp3) is 0.308. The van der Waals surface area contributed by atoms with E-state index in [2.05, 4.69) is 4.98 Å². The number of hydrogen-bond acceptors (Lipinski definition) is 5. The molecule has 0 saturated heterocycles. The number of fused-ring (bicyclic) bond motifs is 1. The zero-order chi connectivity index (χ0) is 14.7. The van der Waals surface area contributed by atoms with Gasteiger partial charge in [0.15, 0.2) is 5.69 Å². The first-order valence-electron chi connectivity index (χ1n) is 5.91. The van der Waals surface area contributed by atoms with Crippen LogP contribution in [-0.4, -0.2) is 47.3 Å². The Balaban J connectivity index is 2.70. The molecule has 0 atom stereocenters. The summed E-state index contributed by atoms with van der Waals surface area (Å²) in [5, 5.41) is 9.19. The number of esters is 1. The van der Waals surface area contributed by atoms with Crippen molar-refractivity contribution < 1.29 is 24.2 Å². The van der Waals surface area contributed by atoms with Crippen molar-refractivity contribution in [1.82, 2.24) is 9.38 Å². The summed E-state index contributed by atoms with van der Waals surface area (Å²) in [7, 11) is 2.81. The Hall–Kier alpha value is -2.41. The molecule has 0 radical (unpaired) electrons. The number of aromatic carboxylic acids is 1. The van der Waals surface area contributed by atoms with Crippen molar-refractivity contribution in [2.24, 2.45) is 0 Å². The molecule has 7 heteroatoms. The summed E-state index contributed by atoms with van der Waals surface area (Å²) >= 11 is 0. The Bertz CT molecular complexity index is 662. The molecule has 0 bridgehead atoms. The Morgan fingerprint density at radius 2 is 2.10 bits per heavy atom. The van der Waals surface area contributed by atoms with E-state index in [0.29, 0.717) is 24.4 Å². The van der Waals surface area contributed by atoms with E-state index in [-0.39, 0.29) is 11.4 Å². The van der Waals surface area contributed by atoms with E-state index in [1.54, 1.807) is 18.2 Å². The highest BCUT2D eigenvalue weighted by atomic mass is 16.5. The maximum Gasteiger partial charge on any atom is 0.356 e. The number of carbonyl (C=O) groups is 2. The van der Waals surface area contributed by atoms with Crippen LogP contribution in [0.3, 0.4) is 0 Å². The number of imidazole rings is 1. The summed E-state index contributed by atoms with van der Waals surface area (Å²) in [6, 6.07) is 4.75. The molecule has 0 amide bonds. The molecule has 0 unspecified atom stereocenters. The van der Waals surface area contributed by atoms with Crippen molar-refractivity contribution >= 4 is 17.5 Å². The molecule has 2 aromatic heterocycles. The van der Waals surface area contributed by atoms with Gasteiger partial charge in [-0.3, -0.25) is 4.40 Å². The van der Waals surface area contributed by atoms with Crippen LogP contribution < -0.4 is 0 Å². The molecule has 2 aromatic rings. The molecule has 0 saturated carbocycles. The number of methoxy groups -OCH3 is 2. The van der Waals surface area contributed by atoms with E-state index in [4.69, 9.17) is 9.47 Å². The second kappa shape index (κ2) is 5.70. The van der Waals surface area contributed by atoms with E-state index in [9.17, 15) is 14.7 Å². The highest BCUT2D eigenvalue weighted by molar-refractivity contribution is 5.96. The van der Waals surface area contributed by atoms with Crippen LogP contribution in [0.4, 0.5) is 0 Å². The van der Waals surface area contributed by atoms with E-state index in [1.807, 2.05) is 0 Å². The third kappa shape index (κ3) is 2.35. The van der Waals surface area contributed by atoms with Crippen molar-refractivity contribution in [3.05, 3.63) is 35.4 Å². The molecule has 2 rings (SSSR count). The van der Waals surface area contributed by atoms with Crippen LogP contribution in [0.2, 0.25) is 0 Å². The summed E-state index contributed by atoms with van der Waals surface area (Å²) in [5.74, 6) is -1.25. The summed E-state index contributed by atoms with van der Waals surface area (Å²) in [5.41, 5.74) is 0.490. The Morgan fingerprint density at radius 1 is 1.35 bits per heavy atom. The lowest BCUT2D eigenvalue weighted by atomic mass is 10.3. The average Bonchev–Trinajstić information content (AvgIpc) is 2.83. The molecule has 0 aliphatic carbocycles. The average molecular weight is 278 g/mol. The first kappa shape index (κ1) is 14.0. The van der Waals surface area contributed by atoms with Crippen LogP contribution in [0.25, 0.3) is 5.52 Å². The van der Waals surface area contributed by atoms with E-state index < -0.39 is 11.9 Å². The number of pyridine rings is 1. The zero-order valence-corrected chi connectivity index (χ0v) is 11.1. The summed E-state index contributed by atoms with van der Waals surface area (Å²) in [6.45, 7) is 0.369. The molecular formula is C13H14N2O5. The molecule has 20 heavy (non-hydrogen) atoms. The van der Waals surface area contributed by atoms with Gasteiger partial charge in [-0.2, -0.15) is 0 Å². The monoisotopic (exact) mass is 278 g/mol. The number of rotatable bonds is 5. The van der Waals surface area contributed by atoms with Crippen LogP contribution in [0, 0.1) is 0 Å². The second-order valence-corrected chi connectivity index (χ2v) is 4.05. The van der Waals surface area contributed by atoms with Crippen LogP contribution in [0.5, 0.6) is 0 Å². The number of nitrogens with zero attached hydrogens (tertiary/aromatic N) is 2. The van der Waals surface area contributed by atoms with Crippen molar-refractivity contribution in [3.63, 3.8) is 0 Å². The van der Waals surface area contributed by atoms with Crippen molar-refractivity contribution in [1.29, 1.82) is 0 Å². The molecule has 2 heterocycles. The van der Waals surface area contributed by atoms with E-state index in [0.717, 1.165) is 0 Å². The Kier molecular flexibility index (Phi) is 3.99. The van der Waals surface area contributed by atoms with Gasteiger partial charge in [0, 0.05) is 13.5 Å². The first-order valence-corrected chi connectivity index (χ1v) is 5.91. The third-order valence-electron chi connectivity index (χ3n) is 2.86. The Labute approximate surface area is 114 Å². The summed E-state index contributed by atoms with van der Waals surface area (Å²) in [4.78, 5) is 27.1. The van der Waals surface area contributed by atoms with Gasteiger partial charge in [0.05, 0.1) is 19.2 Å². The lowest BCUT2D eigenvalue weighted by Gasteiger charge is -2.06. The van der Waals surface area contributed by atoms with Gasteiger partial charge < -0.3 is 14.6 Å². The third-order valence-corrected chi connectivity index (χ3v) is 2.86. The smallest absolute Gasteiger partial charge is 0.356 e. The van der Waals surface area contributed by atoms with Gasteiger partial charge in [0.25, 0.3) is 0 Å². The van der Waals surface area contributed by atoms with Crippen LogP contribution in [0.15, 0.2) is 18.2 Å². The van der Waals surface area contributed by atoms with Gasteiger partial charge in [-0.1, -0.05) is 6.07 Å². The molecule has 106 valence electrons. The maximum absolute atomic E-state index is 11.8. The molecule has 7 nitrogen and oxygen atoms in total. The van der Waals surface area contributed by atoms with Gasteiger partial charge in [-0.15, -0.1) is 0 Å². The molecular weight excluding hydrogens is 264 g/mol. The molecule has 0 spiro atoms. The predicted molar refractivity (Wildman–Crippen MR) is 69.1 cm³/mol. The highest BCUT2D eigenvalue weighted by Gasteiger charge is 2.21. The highest BCUT2D eigenvalue weighted by Crippen LogP contribution is 2.17. The molecule has 0 fully saturated rings. The van der Waals surface area contributed by atoms with Crippen molar-refractivity contribution in [2.75, 3.05) is 20.8 Å². The predicted octanol–water partition coefficient (Wildman–Crippen LogP) is 1.01.